The molecule has 0 aromatic heterocycles. The fourth-order valence-electron chi connectivity index (χ4n) is 2.10. The van der Waals surface area contributed by atoms with Crippen LogP contribution in [0.2, 0.25) is 5.02 Å². The molecule has 1 aliphatic carbocycles. The summed E-state index contributed by atoms with van der Waals surface area (Å²) >= 11 is 5.87. The maximum atomic E-state index is 12.1. The second-order valence-electron chi connectivity index (χ2n) is 4.66. The van der Waals surface area contributed by atoms with Crippen molar-refractivity contribution in [2.45, 2.75) is 32.1 Å². The molecule has 1 aromatic rings. The Bertz CT molecular complexity index is 384. The van der Waals surface area contributed by atoms with E-state index in [1.807, 2.05) is 24.3 Å². The van der Waals surface area contributed by atoms with Crippen molar-refractivity contribution in [1.82, 2.24) is 5.32 Å². The van der Waals surface area contributed by atoms with Gasteiger partial charge in [0.15, 0.2) is 0 Å². The first-order valence-corrected chi connectivity index (χ1v) is 6.63. The van der Waals surface area contributed by atoms with Gasteiger partial charge in [0.1, 0.15) is 0 Å². The number of halogens is 1. The monoisotopic (exact) mass is 251 g/mol. The molecule has 2 rings (SSSR count). The number of hydrogen-bond acceptors (Lipinski definition) is 1. The summed E-state index contributed by atoms with van der Waals surface area (Å²) in [7, 11) is 0. The molecule has 2 nitrogen and oxygen atoms in total. The summed E-state index contributed by atoms with van der Waals surface area (Å²) in [6, 6.07) is 7.66. The molecule has 17 heavy (non-hydrogen) atoms. The normalized spacial score (nSPS) is 16.6. The summed E-state index contributed by atoms with van der Waals surface area (Å²) in [5.41, 5.74) is 1.09. The SMILES string of the molecule is CCCNC(=O)C(c1ccc(Cl)cc1)C1CC1. The van der Waals surface area contributed by atoms with Crippen molar-refractivity contribution in [1.29, 1.82) is 0 Å². The summed E-state index contributed by atoms with van der Waals surface area (Å²) < 4.78 is 0. The van der Waals surface area contributed by atoms with Gasteiger partial charge in [-0.3, -0.25) is 4.79 Å². The number of carbonyl (C=O) groups excluding carboxylic acids is 1. The predicted octanol–water partition coefficient (Wildman–Crippen LogP) is 3.36. The van der Waals surface area contributed by atoms with Crippen LogP contribution in [0.1, 0.15) is 37.7 Å². The second-order valence-corrected chi connectivity index (χ2v) is 5.09. The Labute approximate surface area is 107 Å². The van der Waals surface area contributed by atoms with E-state index in [-0.39, 0.29) is 11.8 Å². The zero-order valence-electron chi connectivity index (χ0n) is 10.1. The summed E-state index contributed by atoms with van der Waals surface area (Å²) in [4.78, 5) is 12.1. The largest absolute Gasteiger partial charge is 0.356 e. The van der Waals surface area contributed by atoms with Crippen LogP contribution < -0.4 is 5.32 Å². The summed E-state index contributed by atoms with van der Waals surface area (Å²) in [6.07, 6.45) is 3.30. The van der Waals surface area contributed by atoms with Crippen molar-refractivity contribution in [3.63, 3.8) is 0 Å². The van der Waals surface area contributed by atoms with Gasteiger partial charge >= 0.3 is 0 Å². The lowest BCUT2D eigenvalue weighted by atomic mass is 9.93. The first-order chi connectivity index (χ1) is 8.22. The van der Waals surface area contributed by atoms with Gasteiger partial charge in [-0.2, -0.15) is 0 Å². The number of carbonyl (C=O) groups is 1. The second kappa shape index (κ2) is 5.54. The molecule has 0 spiro atoms. The third kappa shape index (κ3) is 3.22. The van der Waals surface area contributed by atoms with Gasteiger partial charge in [-0.15, -0.1) is 0 Å². The van der Waals surface area contributed by atoms with E-state index >= 15 is 0 Å². The first kappa shape index (κ1) is 12.4. The molecule has 0 bridgehead atoms. The Hall–Kier alpha value is -1.02. The molecule has 3 heteroatoms. The fourth-order valence-corrected chi connectivity index (χ4v) is 2.22. The zero-order valence-corrected chi connectivity index (χ0v) is 10.8. The van der Waals surface area contributed by atoms with Gasteiger partial charge in [0.05, 0.1) is 5.92 Å². The van der Waals surface area contributed by atoms with E-state index in [9.17, 15) is 4.79 Å². The van der Waals surface area contributed by atoms with Crippen LogP contribution in [-0.2, 0) is 4.79 Å². The average Bonchev–Trinajstić information content (AvgIpc) is 3.14. The molecule has 1 unspecified atom stereocenters. The van der Waals surface area contributed by atoms with Gasteiger partial charge in [0.2, 0.25) is 5.91 Å². The highest BCUT2D eigenvalue weighted by molar-refractivity contribution is 6.30. The van der Waals surface area contributed by atoms with Crippen molar-refractivity contribution >= 4 is 17.5 Å². The van der Waals surface area contributed by atoms with E-state index < -0.39 is 0 Å². The summed E-state index contributed by atoms with van der Waals surface area (Å²) in [5.74, 6) is 0.698. The van der Waals surface area contributed by atoms with Crippen molar-refractivity contribution in [3.8, 4) is 0 Å². The van der Waals surface area contributed by atoms with E-state index in [0.29, 0.717) is 5.92 Å². The molecule has 1 atom stereocenters. The van der Waals surface area contributed by atoms with Crippen LogP contribution in [0.25, 0.3) is 0 Å². The number of benzene rings is 1. The van der Waals surface area contributed by atoms with Gasteiger partial charge in [-0.25, -0.2) is 0 Å². The molecule has 92 valence electrons. The zero-order chi connectivity index (χ0) is 12.3. The van der Waals surface area contributed by atoms with Crippen molar-refractivity contribution < 1.29 is 4.79 Å². The minimum Gasteiger partial charge on any atom is -0.356 e. The average molecular weight is 252 g/mol. The van der Waals surface area contributed by atoms with Crippen molar-refractivity contribution in [3.05, 3.63) is 34.9 Å². The lowest BCUT2D eigenvalue weighted by Crippen LogP contribution is -2.31. The van der Waals surface area contributed by atoms with Gasteiger partial charge < -0.3 is 5.32 Å². The fraction of sp³-hybridized carbons (Fsp3) is 0.500. The topological polar surface area (TPSA) is 29.1 Å². The lowest BCUT2D eigenvalue weighted by Gasteiger charge is -2.16. The summed E-state index contributed by atoms with van der Waals surface area (Å²) in [6.45, 7) is 2.82. The highest BCUT2D eigenvalue weighted by atomic mass is 35.5. The molecule has 0 radical (unpaired) electrons. The molecular formula is C14H18ClNO. The first-order valence-electron chi connectivity index (χ1n) is 6.25. The Kier molecular flexibility index (Phi) is 4.06. The molecule has 1 aromatic carbocycles. The van der Waals surface area contributed by atoms with Gasteiger partial charge in [-0.1, -0.05) is 30.7 Å². The number of amides is 1. The van der Waals surface area contributed by atoms with E-state index in [1.165, 1.54) is 0 Å². The maximum Gasteiger partial charge on any atom is 0.227 e. The van der Waals surface area contributed by atoms with E-state index in [0.717, 1.165) is 36.4 Å². The van der Waals surface area contributed by atoms with Crippen LogP contribution >= 0.6 is 11.6 Å². The van der Waals surface area contributed by atoms with E-state index in [1.54, 1.807) is 0 Å². The number of hydrogen-bond donors (Lipinski definition) is 1. The quantitative estimate of drug-likeness (QED) is 0.854. The maximum absolute atomic E-state index is 12.1. The van der Waals surface area contributed by atoms with Crippen LogP contribution in [0, 0.1) is 5.92 Å². The number of rotatable bonds is 5. The van der Waals surface area contributed by atoms with Crippen LogP contribution in [0.4, 0.5) is 0 Å². The third-order valence-electron chi connectivity index (χ3n) is 3.15. The Balaban J connectivity index is 2.11. The van der Waals surface area contributed by atoms with E-state index in [4.69, 9.17) is 11.6 Å². The van der Waals surface area contributed by atoms with Crippen LogP contribution in [-0.4, -0.2) is 12.5 Å². The lowest BCUT2D eigenvalue weighted by molar-refractivity contribution is -0.123. The third-order valence-corrected chi connectivity index (χ3v) is 3.41. The van der Waals surface area contributed by atoms with Gasteiger partial charge in [0, 0.05) is 11.6 Å². The van der Waals surface area contributed by atoms with Gasteiger partial charge in [-0.05, 0) is 42.9 Å². The molecule has 1 fully saturated rings. The Morgan fingerprint density at radius 2 is 2.06 bits per heavy atom. The van der Waals surface area contributed by atoms with Crippen LogP contribution in [0.3, 0.4) is 0 Å². The Morgan fingerprint density at radius 1 is 1.41 bits per heavy atom. The minimum absolute atomic E-state index is 0.0128. The molecule has 0 aliphatic heterocycles. The molecule has 1 saturated carbocycles. The highest BCUT2D eigenvalue weighted by Crippen LogP contribution is 2.42. The van der Waals surface area contributed by atoms with Gasteiger partial charge in [0.25, 0.3) is 0 Å². The molecule has 1 aliphatic rings. The molecule has 1 N–H and O–H groups in total. The van der Waals surface area contributed by atoms with Crippen molar-refractivity contribution in [2.24, 2.45) is 5.92 Å². The van der Waals surface area contributed by atoms with Crippen molar-refractivity contribution in [2.75, 3.05) is 6.54 Å². The van der Waals surface area contributed by atoms with Crippen LogP contribution in [0.15, 0.2) is 24.3 Å². The molecule has 1 amide bonds. The standard InChI is InChI=1S/C14H18ClNO/c1-2-9-16-14(17)13(10-3-4-10)11-5-7-12(15)8-6-11/h5-8,10,13H,2-4,9H2,1H3,(H,16,17). The molecule has 0 heterocycles. The highest BCUT2D eigenvalue weighted by Gasteiger charge is 2.36. The molecule has 0 saturated heterocycles. The smallest absolute Gasteiger partial charge is 0.227 e. The predicted molar refractivity (Wildman–Crippen MR) is 70.2 cm³/mol. The van der Waals surface area contributed by atoms with E-state index in [2.05, 4.69) is 12.2 Å². The minimum atomic E-state index is 0.0128. The Morgan fingerprint density at radius 3 is 2.59 bits per heavy atom. The summed E-state index contributed by atoms with van der Waals surface area (Å²) in [5, 5.41) is 3.71. The van der Waals surface area contributed by atoms with Crippen LogP contribution in [0.5, 0.6) is 0 Å². The number of nitrogens with one attached hydrogen (secondary N) is 1. The molecular weight excluding hydrogens is 234 g/mol.